The van der Waals surface area contributed by atoms with Crippen LogP contribution in [0.4, 0.5) is 0 Å². The van der Waals surface area contributed by atoms with E-state index in [1.165, 1.54) is 0 Å². The van der Waals surface area contributed by atoms with Crippen molar-refractivity contribution >= 4 is 15.7 Å². The first-order valence-electron chi connectivity index (χ1n) is 8.31. The molecule has 2 aromatic rings. The molecule has 0 spiro atoms. The summed E-state index contributed by atoms with van der Waals surface area (Å²) in [6.07, 6.45) is 1.35. The van der Waals surface area contributed by atoms with Crippen LogP contribution < -0.4 is 0 Å². The average molecular weight is 379 g/mol. The number of sulfone groups is 1. The topological polar surface area (TPSA) is 93.4 Å². The zero-order valence-corrected chi connectivity index (χ0v) is 16.6. The van der Waals surface area contributed by atoms with E-state index < -0.39 is 9.84 Å². The van der Waals surface area contributed by atoms with Gasteiger partial charge in [-0.1, -0.05) is 32.0 Å². The van der Waals surface area contributed by atoms with Crippen LogP contribution in [-0.4, -0.2) is 55.0 Å². The highest BCUT2D eigenvalue weighted by Gasteiger charge is 2.20. The van der Waals surface area contributed by atoms with Crippen LogP contribution in [0.2, 0.25) is 0 Å². The summed E-state index contributed by atoms with van der Waals surface area (Å²) < 4.78 is 27.7. The molecular weight excluding hydrogens is 354 g/mol. The Morgan fingerprint density at radius 3 is 2.58 bits per heavy atom. The second-order valence-corrected chi connectivity index (χ2v) is 9.96. The first-order chi connectivity index (χ1) is 11.9. The van der Waals surface area contributed by atoms with Crippen molar-refractivity contribution in [1.82, 2.24) is 15.0 Å². The van der Waals surface area contributed by atoms with Crippen molar-refractivity contribution in [1.29, 1.82) is 0 Å². The zero-order chi connectivity index (χ0) is 19.5. The molecule has 1 aromatic heterocycles. The number of nitrogens with zero attached hydrogens (tertiary/aromatic N) is 3. The Morgan fingerprint density at radius 2 is 1.96 bits per heavy atom. The number of rotatable bonds is 6. The monoisotopic (exact) mass is 379 g/mol. The summed E-state index contributed by atoms with van der Waals surface area (Å²) in [6, 6.07) is 6.98. The Hall–Kier alpha value is -2.22. The van der Waals surface area contributed by atoms with Gasteiger partial charge in [0.1, 0.15) is 9.84 Å². The van der Waals surface area contributed by atoms with E-state index in [-0.39, 0.29) is 29.4 Å². The molecule has 1 aromatic carbocycles. The zero-order valence-electron chi connectivity index (χ0n) is 15.8. The molecule has 1 amide bonds. The summed E-state index contributed by atoms with van der Waals surface area (Å²) in [5, 5.41) is 3.81. The maximum atomic E-state index is 12.6. The molecule has 26 heavy (non-hydrogen) atoms. The van der Waals surface area contributed by atoms with Gasteiger partial charge in [0.15, 0.2) is 5.82 Å². The van der Waals surface area contributed by atoms with Crippen molar-refractivity contribution in [2.75, 3.05) is 25.6 Å². The minimum atomic E-state index is -3.09. The number of carbonyl (C=O) groups is 1. The van der Waals surface area contributed by atoms with E-state index in [4.69, 9.17) is 4.52 Å². The molecule has 0 N–H and O–H groups in total. The Labute approximate surface area is 154 Å². The number of aromatic nitrogens is 2. The van der Waals surface area contributed by atoms with Gasteiger partial charge in [-0.2, -0.15) is 4.98 Å². The summed E-state index contributed by atoms with van der Waals surface area (Å²) in [5.74, 6) is 0.467. The summed E-state index contributed by atoms with van der Waals surface area (Å²) in [5.41, 5.74) is 1.16. The first-order valence-corrected chi connectivity index (χ1v) is 10.4. The van der Waals surface area contributed by atoms with Crippen LogP contribution in [0.1, 0.15) is 37.0 Å². The number of carbonyl (C=O) groups excluding carboxylic acids is 1. The van der Waals surface area contributed by atoms with Gasteiger partial charge < -0.3 is 9.42 Å². The van der Waals surface area contributed by atoms with Gasteiger partial charge in [-0.25, -0.2) is 8.42 Å². The molecule has 0 atom stereocenters. The molecule has 0 saturated heterocycles. The standard InChI is InChI=1S/C18H25N3O4S/c1-18(2,3)12-21(4)17(22)14-8-6-7-13(11-14)16-19-15(20-25-16)9-10-26(5,23)24/h6-8,11H,9-10,12H2,1-5H3. The molecular formula is C18H25N3O4S. The van der Waals surface area contributed by atoms with Crippen LogP contribution in [-0.2, 0) is 16.3 Å². The maximum absolute atomic E-state index is 12.6. The van der Waals surface area contributed by atoms with Gasteiger partial charge >= 0.3 is 0 Å². The summed E-state index contributed by atoms with van der Waals surface area (Å²) in [6.45, 7) is 6.85. The minimum Gasteiger partial charge on any atom is -0.341 e. The molecule has 0 fully saturated rings. The number of hydrogen-bond acceptors (Lipinski definition) is 6. The number of amides is 1. The molecule has 0 saturated carbocycles. The second-order valence-electron chi connectivity index (χ2n) is 7.70. The Morgan fingerprint density at radius 1 is 1.27 bits per heavy atom. The molecule has 0 bridgehead atoms. The fourth-order valence-corrected chi connectivity index (χ4v) is 3.09. The summed E-state index contributed by atoms with van der Waals surface area (Å²) in [7, 11) is -1.32. The van der Waals surface area contributed by atoms with Crippen molar-refractivity contribution in [2.24, 2.45) is 5.41 Å². The third-order valence-electron chi connectivity index (χ3n) is 3.58. The SMILES string of the molecule is CN(CC(C)(C)C)C(=O)c1cccc(-c2nc(CCS(C)(=O)=O)no2)c1. The normalized spacial score (nSPS) is 12.2. The third-order valence-corrected chi connectivity index (χ3v) is 4.52. The fourth-order valence-electron chi connectivity index (χ4n) is 2.54. The van der Waals surface area contributed by atoms with Crippen LogP contribution in [0, 0.1) is 5.41 Å². The van der Waals surface area contributed by atoms with Gasteiger partial charge in [-0.3, -0.25) is 4.79 Å². The van der Waals surface area contributed by atoms with Gasteiger partial charge in [0.2, 0.25) is 0 Å². The Balaban J connectivity index is 2.16. The lowest BCUT2D eigenvalue weighted by Gasteiger charge is -2.26. The quantitative estimate of drug-likeness (QED) is 0.765. The number of hydrogen-bond donors (Lipinski definition) is 0. The van der Waals surface area contributed by atoms with Crippen molar-refractivity contribution in [3.05, 3.63) is 35.7 Å². The van der Waals surface area contributed by atoms with E-state index in [0.29, 0.717) is 23.5 Å². The van der Waals surface area contributed by atoms with Gasteiger partial charge in [0, 0.05) is 37.4 Å². The fraction of sp³-hybridized carbons (Fsp3) is 0.500. The number of benzene rings is 1. The van der Waals surface area contributed by atoms with Crippen molar-refractivity contribution < 1.29 is 17.7 Å². The van der Waals surface area contributed by atoms with E-state index in [1.54, 1.807) is 36.2 Å². The van der Waals surface area contributed by atoms with Crippen LogP contribution in [0.25, 0.3) is 11.5 Å². The lowest BCUT2D eigenvalue weighted by Crippen LogP contribution is -2.34. The summed E-state index contributed by atoms with van der Waals surface area (Å²) >= 11 is 0. The molecule has 8 heteroatoms. The van der Waals surface area contributed by atoms with Gasteiger partial charge in [-0.15, -0.1) is 0 Å². The van der Waals surface area contributed by atoms with Crippen LogP contribution in [0.5, 0.6) is 0 Å². The first kappa shape index (κ1) is 20.1. The average Bonchev–Trinajstić information content (AvgIpc) is 2.99. The van der Waals surface area contributed by atoms with Crippen molar-refractivity contribution in [2.45, 2.75) is 27.2 Å². The Kier molecular flexibility index (Phi) is 5.85. The lowest BCUT2D eigenvalue weighted by molar-refractivity contribution is 0.0745. The molecule has 2 rings (SSSR count). The number of aryl methyl sites for hydroxylation is 1. The van der Waals surface area contributed by atoms with E-state index in [2.05, 4.69) is 30.9 Å². The van der Waals surface area contributed by atoms with Gasteiger partial charge in [-0.05, 0) is 23.6 Å². The van der Waals surface area contributed by atoms with Crippen LogP contribution in [0.15, 0.2) is 28.8 Å². The van der Waals surface area contributed by atoms with Crippen LogP contribution in [0.3, 0.4) is 0 Å². The molecule has 142 valence electrons. The van der Waals surface area contributed by atoms with E-state index >= 15 is 0 Å². The minimum absolute atomic E-state index is 0.00300. The molecule has 1 heterocycles. The largest absolute Gasteiger partial charge is 0.341 e. The predicted molar refractivity (Wildman–Crippen MR) is 99.6 cm³/mol. The highest BCUT2D eigenvalue weighted by molar-refractivity contribution is 7.90. The smallest absolute Gasteiger partial charge is 0.257 e. The van der Waals surface area contributed by atoms with Crippen molar-refractivity contribution in [3.63, 3.8) is 0 Å². The molecule has 0 aliphatic rings. The van der Waals surface area contributed by atoms with Gasteiger partial charge in [0.25, 0.3) is 11.8 Å². The third kappa shape index (κ3) is 5.94. The maximum Gasteiger partial charge on any atom is 0.257 e. The second kappa shape index (κ2) is 7.57. The molecule has 0 unspecified atom stereocenters. The van der Waals surface area contributed by atoms with Crippen LogP contribution >= 0.6 is 0 Å². The molecule has 0 aliphatic heterocycles. The lowest BCUT2D eigenvalue weighted by atomic mass is 9.96. The van der Waals surface area contributed by atoms with E-state index in [9.17, 15) is 13.2 Å². The van der Waals surface area contributed by atoms with Gasteiger partial charge in [0.05, 0.1) is 5.75 Å². The van der Waals surface area contributed by atoms with E-state index in [1.807, 2.05) is 0 Å². The van der Waals surface area contributed by atoms with E-state index in [0.717, 1.165) is 6.26 Å². The molecule has 0 aliphatic carbocycles. The molecule has 7 nitrogen and oxygen atoms in total. The highest BCUT2D eigenvalue weighted by atomic mass is 32.2. The Bertz CT molecular complexity index is 882. The predicted octanol–water partition coefficient (Wildman–Crippen LogP) is 2.44. The highest BCUT2D eigenvalue weighted by Crippen LogP contribution is 2.21. The van der Waals surface area contributed by atoms with Crippen molar-refractivity contribution in [3.8, 4) is 11.5 Å². The molecule has 0 radical (unpaired) electrons. The summed E-state index contributed by atoms with van der Waals surface area (Å²) in [4.78, 5) is 18.5.